The second-order valence-electron chi connectivity index (χ2n) is 5.03. The molecule has 1 amide bonds. The summed E-state index contributed by atoms with van der Waals surface area (Å²) in [6.07, 6.45) is 4.43. The highest BCUT2D eigenvalue weighted by Gasteiger charge is 2.12. The Balaban J connectivity index is 0.000000253. The van der Waals surface area contributed by atoms with E-state index in [0.29, 0.717) is 0 Å². The molecule has 124 valence electrons. The first kappa shape index (κ1) is 18.1. The lowest BCUT2D eigenvalue weighted by atomic mass is 10.1. The second-order valence-corrected chi connectivity index (χ2v) is 5.03. The van der Waals surface area contributed by atoms with Crippen molar-refractivity contribution < 1.29 is 18.8 Å². The summed E-state index contributed by atoms with van der Waals surface area (Å²) in [4.78, 5) is 13.7. The zero-order valence-corrected chi connectivity index (χ0v) is 13.9. The SMILES string of the molecule is CCN(CC)C(=O)c1cccc(C)c1.N[n+]1c[n+](N)c[n+](N)c1. The van der Waals surface area contributed by atoms with Crippen molar-refractivity contribution in [2.75, 3.05) is 30.6 Å². The summed E-state index contributed by atoms with van der Waals surface area (Å²) in [5.41, 5.74) is 1.91. The van der Waals surface area contributed by atoms with Gasteiger partial charge < -0.3 is 4.90 Å². The Morgan fingerprint density at radius 3 is 1.87 bits per heavy atom. The number of aromatic nitrogens is 3. The van der Waals surface area contributed by atoms with Crippen LogP contribution in [-0.2, 0) is 0 Å². The zero-order valence-electron chi connectivity index (χ0n) is 13.9. The average Bonchev–Trinajstić information content (AvgIpc) is 2.47. The first-order valence-corrected chi connectivity index (χ1v) is 7.37. The smallest absolute Gasteiger partial charge is 0.339 e. The summed E-state index contributed by atoms with van der Waals surface area (Å²) >= 11 is 0. The molecule has 1 aromatic heterocycles. The maximum Gasteiger partial charge on any atom is 0.473 e. The first-order chi connectivity index (χ1) is 10.9. The van der Waals surface area contributed by atoms with Crippen molar-refractivity contribution in [3.63, 3.8) is 0 Å². The van der Waals surface area contributed by atoms with Gasteiger partial charge in [-0.3, -0.25) is 4.79 Å². The Kier molecular flexibility index (Phi) is 6.72. The number of hydrogen-bond acceptors (Lipinski definition) is 4. The molecular formula is C15H26N7O+3. The van der Waals surface area contributed by atoms with Gasteiger partial charge in [0.25, 0.3) is 5.91 Å². The van der Waals surface area contributed by atoms with Crippen molar-refractivity contribution >= 4 is 5.91 Å². The normalized spacial score (nSPS) is 9.70. The van der Waals surface area contributed by atoms with Gasteiger partial charge >= 0.3 is 19.0 Å². The summed E-state index contributed by atoms with van der Waals surface area (Å²) < 4.78 is 3.75. The maximum atomic E-state index is 11.9. The molecule has 8 nitrogen and oxygen atoms in total. The van der Waals surface area contributed by atoms with Crippen LogP contribution >= 0.6 is 0 Å². The van der Waals surface area contributed by atoms with Crippen molar-refractivity contribution in [3.8, 4) is 0 Å². The molecule has 2 aromatic rings. The zero-order chi connectivity index (χ0) is 17.4. The minimum atomic E-state index is 0.124. The van der Waals surface area contributed by atoms with Gasteiger partial charge in [0, 0.05) is 32.7 Å². The molecule has 0 aliphatic rings. The van der Waals surface area contributed by atoms with Crippen LogP contribution in [0.25, 0.3) is 0 Å². The summed E-state index contributed by atoms with van der Waals surface area (Å²) in [6, 6.07) is 7.72. The van der Waals surface area contributed by atoms with Gasteiger partial charge in [-0.25, -0.2) is 0 Å². The Hall–Kier alpha value is -2.90. The molecule has 0 saturated carbocycles. The third-order valence-electron chi connectivity index (χ3n) is 3.12. The molecule has 0 fully saturated rings. The molecule has 0 aliphatic heterocycles. The fourth-order valence-electron chi connectivity index (χ4n) is 2.02. The van der Waals surface area contributed by atoms with Crippen LogP contribution in [0.3, 0.4) is 0 Å². The monoisotopic (exact) mass is 320 g/mol. The lowest BCUT2D eigenvalue weighted by Crippen LogP contribution is -2.67. The molecule has 0 saturated heterocycles. The van der Waals surface area contributed by atoms with Crippen molar-refractivity contribution in [1.82, 2.24) is 4.90 Å². The Bertz CT molecular complexity index is 606. The molecule has 0 radical (unpaired) electrons. The van der Waals surface area contributed by atoms with Crippen LogP contribution in [0, 0.1) is 6.92 Å². The lowest BCUT2D eigenvalue weighted by molar-refractivity contribution is -0.896. The molecule has 23 heavy (non-hydrogen) atoms. The number of nitrogens with zero attached hydrogens (tertiary/aromatic N) is 4. The van der Waals surface area contributed by atoms with E-state index in [9.17, 15) is 4.79 Å². The van der Waals surface area contributed by atoms with E-state index in [1.54, 1.807) is 0 Å². The van der Waals surface area contributed by atoms with E-state index in [1.165, 1.54) is 33.0 Å². The maximum absolute atomic E-state index is 11.9. The van der Waals surface area contributed by atoms with Crippen LogP contribution in [0.1, 0.15) is 29.8 Å². The predicted octanol–water partition coefficient (Wildman–Crippen LogP) is -1.83. The Morgan fingerprint density at radius 2 is 1.48 bits per heavy atom. The molecule has 0 atom stereocenters. The van der Waals surface area contributed by atoms with Crippen LogP contribution in [0.4, 0.5) is 0 Å². The molecule has 6 N–H and O–H groups in total. The van der Waals surface area contributed by atoms with Crippen molar-refractivity contribution in [2.45, 2.75) is 20.8 Å². The van der Waals surface area contributed by atoms with Crippen molar-refractivity contribution in [2.24, 2.45) is 0 Å². The second kappa shape index (κ2) is 8.52. The largest absolute Gasteiger partial charge is 0.473 e. The minimum Gasteiger partial charge on any atom is -0.339 e. The molecule has 2 rings (SSSR count). The van der Waals surface area contributed by atoms with E-state index >= 15 is 0 Å². The van der Waals surface area contributed by atoms with Crippen LogP contribution < -0.4 is 31.6 Å². The summed E-state index contributed by atoms with van der Waals surface area (Å²) in [5, 5.41) is 0. The Labute approximate surface area is 136 Å². The van der Waals surface area contributed by atoms with Gasteiger partial charge in [0.2, 0.25) is 0 Å². The number of nitrogen functional groups attached to an aromatic ring is 3. The number of benzene rings is 1. The number of carbonyl (C=O) groups excluding carboxylic acids is 1. The number of carbonyl (C=O) groups is 1. The van der Waals surface area contributed by atoms with Crippen LogP contribution in [-0.4, -0.2) is 23.9 Å². The highest BCUT2D eigenvalue weighted by Crippen LogP contribution is 2.07. The number of amides is 1. The van der Waals surface area contributed by atoms with Gasteiger partial charge in [0.05, 0.1) is 0 Å². The minimum absolute atomic E-state index is 0.124. The van der Waals surface area contributed by atoms with Gasteiger partial charge in [0.1, 0.15) is 0 Å². The molecule has 0 unspecified atom stereocenters. The average molecular weight is 320 g/mol. The highest BCUT2D eigenvalue weighted by atomic mass is 16.2. The lowest BCUT2D eigenvalue weighted by Gasteiger charge is -2.18. The van der Waals surface area contributed by atoms with Gasteiger partial charge in [-0.1, -0.05) is 17.7 Å². The molecule has 1 aromatic carbocycles. The van der Waals surface area contributed by atoms with Crippen molar-refractivity contribution in [1.29, 1.82) is 0 Å². The van der Waals surface area contributed by atoms with Gasteiger partial charge in [-0.05, 0) is 32.9 Å². The first-order valence-electron chi connectivity index (χ1n) is 7.37. The fourth-order valence-corrected chi connectivity index (χ4v) is 2.02. The van der Waals surface area contributed by atoms with Crippen LogP contribution in [0.2, 0.25) is 0 Å². The van der Waals surface area contributed by atoms with E-state index in [2.05, 4.69) is 0 Å². The highest BCUT2D eigenvalue weighted by molar-refractivity contribution is 5.94. The van der Waals surface area contributed by atoms with E-state index in [4.69, 9.17) is 17.5 Å². The van der Waals surface area contributed by atoms with Crippen LogP contribution in [0.5, 0.6) is 0 Å². The third kappa shape index (κ3) is 5.77. The van der Waals surface area contributed by atoms with E-state index < -0.39 is 0 Å². The predicted molar refractivity (Wildman–Crippen MR) is 85.9 cm³/mol. The molecule has 0 spiro atoms. The van der Waals surface area contributed by atoms with E-state index in [1.807, 2.05) is 49.9 Å². The molecule has 1 heterocycles. The molecule has 8 heteroatoms. The standard InChI is InChI=1S/C12H17NO.C3H9N6/c1-4-13(5-2)12(14)11-8-6-7-10(3)9-11;4-7-1-8(5)3-9(6)2-7/h6-9H,4-5H2,1-3H3;1-3H,4-6H2/q;+3. The number of aryl methyl sites for hydroxylation is 1. The summed E-state index contributed by atoms with van der Waals surface area (Å²) in [5.74, 6) is 15.9. The topological polar surface area (TPSA) is 110 Å². The van der Waals surface area contributed by atoms with E-state index in [-0.39, 0.29) is 5.91 Å². The molecular weight excluding hydrogens is 294 g/mol. The van der Waals surface area contributed by atoms with Gasteiger partial charge in [-0.15, -0.1) is 0 Å². The van der Waals surface area contributed by atoms with Gasteiger partial charge in [0.15, 0.2) is 0 Å². The number of hydrogen-bond donors (Lipinski definition) is 3. The number of nitrogens with two attached hydrogens (primary N) is 3. The quantitative estimate of drug-likeness (QED) is 0.456. The fraction of sp³-hybridized carbons (Fsp3) is 0.333. The summed E-state index contributed by atoms with van der Waals surface area (Å²) in [7, 11) is 0. The van der Waals surface area contributed by atoms with Crippen LogP contribution in [0.15, 0.2) is 43.2 Å². The van der Waals surface area contributed by atoms with Gasteiger partial charge in [-0.2, -0.15) is 17.5 Å². The summed E-state index contributed by atoms with van der Waals surface area (Å²) in [6.45, 7) is 7.53. The molecule has 0 aliphatic carbocycles. The van der Waals surface area contributed by atoms with E-state index in [0.717, 1.165) is 24.2 Å². The number of rotatable bonds is 3. The molecule has 0 bridgehead atoms. The Morgan fingerprint density at radius 1 is 1.00 bits per heavy atom. The third-order valence-corrected chi connectivity index (χ3v) is 3.12. The van der Waals surface area contributed by atoms with Crippen molar-refractivity contribution in [3.05, 3.63) is 54.4 Å².